The van der Waals surface area contributed by atoms with Crippen LogP contribution in [0.15, 0.2) is 48.8 Å². The summed E-state index contributed by atoms with van der Waals surface area (Å²) in [5, 5.41) is 0. The highest BCUT2D eigenvalue weighted by Gasteiger charge is 1.93. The van der Waals surface area contributed by atoms with Gasteiger partial charge < -0.3 is 4.84 Å². The van der Waals surface area contributed by atoms with Crippen LogP contribution in [0, 0.1) is 6.92 Å². The number of aromatic nitrogens is 1. The molecule has 1 aromatic carbocycles. The Morgan fingerprint density at radius 3 is 2.54 bits per heavy atom. The zero-order valence-electron chi connectivity index (χ0n) is 7.47. The molecule has 0 atom stereocenters. The van der Waals surface area contributed by atoms with E-state index in [1.165, 1.54) is 5.56 Å². The molecule has 1 aromatic heterocycles. The average Bonchev–Trinajstić information content (AvgIpc) is 2.57. The summed E-state index contributed by atoms with van der Waals surface area (Å²) in [5.41, 5.74) is 1.20. The molecule has 13 heavy (non-hydrogen) atoms. The first-order valence-electron chi connectivity index (χ1n) is 4.22. The Morgan fingerprint density at radius 2 is 1.85 bits per heavy atom. The Kier molecular flexibility index (Phi) is 2.04. The van der Waals surface area contributed by atoms with Gasteiger partial charge in [0.1, 0.15) is 0 Å². The fraction of sp³-hybridized carbons (Fsp3) is 0.0909. The smallest absolute Gasteiger partial charge is 0.156 e. The maximum Gasteiger partial charge on any atom is 0.156 e. The highest BCUT2D eigenvalue weighted by molar-refractivity contribution is 5.27. The van der Waals surface area contributed by atoms with E-state index in [0.717, 1.165) is 5.75 Å². The SMILES string of the molecule is Cc1cccc(On2cccc2)c1. The third-order valence-corrected chi connectivity index (χ3v) is 1.78. The maximum atomic E-state index is 5.52. The fourth-order valence-electron chi connectivity index (χ4n) is 1.17. The Bertz CT molecular complexity index is 379. The van der Waals surface area contributed by atoms with Crippen LogP contribution in [0.25, 0.3) is 0 Å². The Balaban J connectivity index is 2.19. The van der Waals surface area contributed by atoms with Crippen LogP contribution in [0.3, 0.4) is 0 Å². The first-order chi connectivity index (χ1) is 6.34. The molecule has 0 radical (unpaired) electrons. The minimum absolute atomic E-state index is 0.858. The van der Waals surface area contributed by atoms with Crippen molar-refractivity contribution in [3.63, 3.8) is 0 Å². The van der Waals surface area contributed by atoms with Crippen molar-refractivity contribution in [2.75, 3.05) is 0 Å². The molecule has 0 aliphatic carbocycles. The summed E-state index contributed by atoms with van der Waals surface area (Å²) in [6.07, 6.45) is 3.73. The van der Waals surface area contributed by atoms with Crippen molar-refractivity contribution >= 4 is 0 Å². The van der Waals surface area contributed by atoms with Gasteiger partial charge in [-0.15, -0.1) is 0 Å². The molecule has 0 amide bonds. The fourth-order valence-corrected chi connectivity index (χ4v) is 1.17. The van der Waals surface area contributed by atoms with Gasteiger partial charge >= 0.3 is 0 Å². The lowest BCUT2D eigenvalue weighted by Gasteiger charge is -2.05. The van der Waals surface area contributed by atoms with Crippen molar-refractivity contribution < 1.29 is 4.84 Å². The van der Waals surface area contributed by atoms with Crippen LogP contribution in [0.1, 0.15) is 5.56 Å². The number of benzene rings is 1. The van der Waals surface area contributed by atoms with Crippen LogP contribution < -0.4 is 4.84 Å². The van der Waals surface area contributed by atoms with Crippen LogP contribution in [0.5, 0.6) is 5.75 Å². The Morgan fingerprint density at radius 1 is 1.08 bits per heavy atom. The van der Waals surface area contributed by atoms with Crippen molar-refractivity contribution in [1.82, 2.24) is 4.73 Å². The second-order valence-electron chi connectivity index (χ2n) is 2.95. The highest BCUT2D eigenvalue weighted by atomic mass is 16.7. The molecule has 2 heteroatoms. The lowest BCUT2D eigenvalue weighted by atomic mass is 10.2. The zero-order chi connectivity index (χ0) is 9.10. The Hall–Kier alpha value is -1.70. The number of hydrogen-bond acceptors (Lipinski definition) is 1. The highest BCUT2D eigenvalue weighted by Crippen LogP contribution is 2.12. The van der Waals surface area contributed by atoms with Gasteiger partial charge in [-0.1, -0.05) is 12.1 Å². The first kappa shape index (κ1) is 7.92. The molecule has 2 aromatic rings. The summed E-state index contributed by atoms with van der Waals surface area (Å²) in [5.74, 6) is 0.858. The van der Waals surface area contributed by atoms with E-state index < -0.39 is 0 Å². The molecule has 0 N–H and O–H groups in total. The van der Waals surface area contributed by atoms with Gasteiger partial charge in [-0.3, -0.25) is 0 Å². The monoisotopic (exact) mass is 173 g/mol. The summed E-state index contributed by atoms with van der Waals surface area (Å²) >= 11 is 0. The number of rotatable bonds is 2. The molecule has 0 bridgehead atoms. The number of aryl methyl sites for hydroxylation is 1. The van der Waals surface area contributed by atoms with Gasteiger partial charge in [0.25, 0.3) is 0 Å². The van der Waals surface area contributed by atoms with Crippen LogP contribution in [-0.4, -0.2) is 4.73 Å². The van der Waals surface area contributed by atoms with Gasteiger partial charge in [0.05, 0.1) is 0 Å². The minimum Gasteiger partial charge on any atom is -0.376 e. The summed E-state index contributed by atoms with van der Waals surface area (Å²) < 4.78 is 1.68. The molecule has 0 saturated heterocycles. The summed E-state index contributed by atoms with van der Waals surface area (Å²) in [7, 11) is 0. The zero-order valence-corrected chi connectivity index (χ0v) is 7.47. The molecule has 0 aliphatic heterocycles. The van der Waals surface area contributed by atoms with Crippen molar-refractivity contribution in [2.45, 2.75) is 6.92 Å². The normalized spacial score (nSPS) is 9.92. The molecule has 0 saturated carbocycles. The molecular formula is C11H11NO. The van der Waals surface area contributed by atoms with Crippen molar-refractivity contribution in [2.24, 2.45) is 0 Å². The standard InChI is InChI=1S/C11H11NO/c1-10-5-4-6-11(9-10)13-12-7-2-3-8-12/h2-9H,1H3. The predicted octanol–water partition coefficient (Wildman–Crippen LogP) is 2.64. The Labute approximate surface area is 77.3 Å². The van der Waals surface area contributed by atoms with E-state index in [0.29, 0.717) is 0 Å². The molecule has 2 rings (SSSR count). The second kappa shape index (κ2) is 3.35. The van der Waals surface area contributed by atoms with E-state index in [2.05, 4.69) is 0 Å². The van der Waals surface area contributed by atoms with Gasteiger partial charge in [-0.25, -0.2) is 0 Å². The number of hydrogen-bond donors (Lipinski definition) is 0. The van der Waals surface area contributed by atoms with Crippen LogP contribution >= 0.6 is 0 Å². The third kappa shape index (κ3) is 1.90. The molecule has 0 aliphatic rings. The van der Waals surface area contributed by atoms with E-state index in [1.807, 2.05) is 55.7 Å². The van der Waals surface area contributed by atoms with E-state index >= 15 is 0 Å². The predicted molar refractivity (Wildman–Crippen MR) is 51.6 cm³/mol. The van der Waals surface area contributed by atoms with E-state index in [1.54, 1.807) is 4.73 Å². The lowest BCUT2D eigenvalue weighted by molar-refractivity contribution is 0.217. The number of nitrogens with zero attached hydrogens (tertiary/aromatic N) is 1. The van der Waals surface area contributed by atoms with Crippen molar-refractivity contribution in [3.8, 4) is 5.75 Å². The van der Waals surface area contributed by atoms with Gasteiger partial charge in [-0.2, -0.15) is 4.73 Å². The summed E-state index contributed by atoms with van der Waals surface area (Å²) in [4.78, 5) is 5.52. The molecule has 0 unspecified atom stereocenters. The average molecular weight is 173 g/mol. The second-order valence-corrected chi connectivity index (χ2v) is 2.95. The minimum atomic E-state index is 0.858. The van der Waals surface area contributed by atoms with Crippen LogP contribution in [0.2, 0.25) is 0 Å². The maximum absolute atomic E-state index is 5.52. The van der Waals surface area contributed by atoms with E-state index in [4.69, 9.17) is 4.84 Å². The summed E-state index contributed by atoms with van der Waals surface area (Å²) in [6, 6.07) is 11.8. The molecule has 0 spiro atoms. The topological polar surface area (TPSA) is 14.2 Å². The van der Waals surface area contributed by atoms with Gasteiger partial charge in [0.15, 0.2) is 5.75 Å². The largest absolute Gasteiger partial charge is 0.376 e. The molecular weight excluding hydrogens is 162 g/mol. The molecule has 1 heterocycles. The van der Waals surface area contributed by atoms with Gasteiger partial charge in [-0.05, 0) is 36.8 Å². The quantitative estimate of drug-likeness (QED) is 0.681. The van der Waals surface area contributed by atoms with E-state index in [-0.39, 0.29) is 0 Å². The van der Waals surface area contributed by atoms with Crippen LogP contribution in [0.4, 0.5) is 0 Å². The molecule has 0 fully saturated rings. The van der Waals surface area contributed by atoms with Crippen molar-refractivity contribution in [3.05, 3.63) is 54.4 Å². The van der Waals surface area contributed by atoms with Gasteiger partial charge in [0, 0.05) is 12.4 Å². The molecule has 66 valence electrons. The summed E-state index contributed by atoms with van der Waals surface area (Å²) in [6.45, 7) is 2.04. The van der Waals surface area contributed by atoms with Crippen molar-refractivity contribution in [1.29, 1.82) is 0 Å². The first-order valence-corrected chi connectivity index (χ1v) is 4.22. The van der Waals surface area contributed by atoms with Crippen LogP contribution in [-0.2, 0) is 0 Å². The third-order valence-electron chi connectivity index (χ3n) is 1.78. The molecule has 2 nitrogen and oxygen atoms in total. The van der Waals surface area contributed by atoms with E-state index in [9.17, 15) is 0 Å². The lowest BCUT2D eigenvalue weighted by Crippen LogP contribution is -2.00. The van der Waals surface area contributed by atoms with Gasteiger partial charge in [0.2, 0.25) is 0 Å².